The molecule has 12 heteroatoms. The van der Waals surface area contributed by atoms with E-state index in [1.54, 1.807) is 6.07 Å². The Labute approximate surface area is 197 Å². The number of hydrogen-bond donors (Lipinski definition) is 1. The van der Waals surface area contributed by atoms with Crippen molar-refractivity contribution in [1.82, 2.24) is 25.0 Å². The van der Waals surface area contributed by atoms with E-state index in [-0.39, 0.29) is 22.7 Å². The largest absolute Gasteiger partial charge is 0.474 e. The Hall–Kier alpha value is -3.12. The van der Waals surface area contributed by atoms with E-state index in [0.717, 1.165) is 51.1 Å². The highest BCUT2D eigenvalue weighted by Crippen LogP contribution is 2.29. The smallest absolute Gasteiger partial charge is 0.243 e. The predicted octanol–water partition coefficient (Wildman–Crippen LogP) is 3.53. The third kappa shape index (κ3) is 5.86. The lowest BCUT2D eigenvalue weighted by Crippen LogP contribution is -2.40. The van der Waals surface area contributed by atoms with Gasteiger partial charge in [-0.3, -0.25) is 4.90 Å². The van der Waals surface area contributed by atoms with Gasteiger partial charge in [0.25, 0.3) is 0 Å². The second-order valence-corrected chi connectivity index (χ2v) is 10.2. The summed E-state index contributed by atoms with van der Waals surface area (Å²) < 4.78 is 48.9. The Kier molecular flexibility index (Phi) is 7.37. The maximum absolute atomic E-state index is 14.4. The zero-order chi connectivity index (χ0) is 24.1. The van der Waals surface area contributed by atoms with Crippen molar-refractivity contribution in [3.05, 3.63) is 48.6 Å². The number of likely N-dealkylation sites (tertiary alicyclic amines) is 1. The number of aromatic nitrogens is 4. The fourth-order valence-corrected chi connectivity index (χ4v) is 4.61. The minimum atomic E-state index is -3.49. The lowest BCUT2D eigenvalue weighted by Gasteiger charge is -2.35. The summed E-state index contributed by atoms with van der Waals surface area (Å²) in [5.74, 6) is 0.669. The molecule has 3 heterocycles. The molecule has 0 radical (unpaired) electrons. The van der Waals surface area contributed by atoms with Crippen LogP contribution in [0.25, 0.3) is 0 Å². The zero-order valence-corrected chi connectivity index (χ0v) is 19.8. The molecule has 1 N–H and O–H groups in total. The van der Waals surface area contributed by atoms with Gasteiger partial charge in [-0.15, -0.1) is 0 Å². The predicted molar refractivity (Wildman–Crippen MR) is 122 cm³/mol. The number of piperidine rings is 1. The van der Waals surface area contributed by atoms with Crippen molar-refractivity contribution in [2.24, 2.45) is 0 Å². The topological polar surface area (TPSA) is 123 Å². The van der Waals surface area contributed by atoms with Gasteiger partial charge >= 0.3 is 0 Å². The van der Waals surface area contributed by atoms with Gasteiger partial charge < -0.3 is 14.6 Å². The van der Waals surface area contributed by atoms with Crippen LogP contribution in [0.4, 0.5) is 15.9 Å². The molecule has 2 aromatic heterocycles. The summed E-state index contributed by atoms with van der Waals surface area (Å²) in [5.41, 5.74) is 0.105. The van der Waals surface area contributed by atoms with Crippen LogP contribution >= 0.6 is 0 Å². The summed E-state index contributed by atoms with van der Waals surface area (Å²) in [6, 6.07) is 5.37. The minimum absolute atomic E-state index is 0.0188. The molecule has 34 heavy (non-hydrogen) atoms. The van der Waals surface area contributed by atoms with E-state index in [1.807, 2.05) is 0 Å². The van der Waals surface area contributed by atoms with Crippen molar-refractivity contribution in [2.45, 2.75) is 49.6 Å². The molecule has 0 spiro atoms. The highest BCUT2D eigenvalue weighted by Gasteiger charge is 2.29. The Morgan fingerprint density at radius 2 is 2.00 bits per heavy atom. The molecule has 0 bridgehead atoms. The SMILES string of the molecule is CCCC(c1ncno1)N1CCC(Oc2cc(Nc3ccc(S(C)(=O)=O)cc3F)ncn2)CC1. The molecule has 1 atom stereocenters. The molecule has 0 aliphatic carbocycles. The van der Waals surface area contributed by atoms with Crippen LogP contribution in [-0.4, -0.2) is 58.9 Å². The first-order chi connectivity index (χ1) is 16.3. The number of halogens is 1. The van der Waals surface area contributed by atoms with Crippen molar-refractivity contribution >= 4 is 21.3 Å². The summed E-state index contributed by atoms with van der Waals surface area (Å²) in [6.07, 6.45) is 7.35. The summed E-state index contributed by atoms with van der Waals surface area (Å²) in [5, 5.41) is 6.59. The van der Waals surface area contributed by atoms with Crippen LogP contribution in [0.15, 0.2) is 46.3 Å². The van der Waals surface area contributed by atoms with Crippen molar-refractivity contribution < 1.29 is 22.1 Å². The molecule has 1 fully saturated rings. The van der Waals surface area contributed by atoms with Crippen LogP contribution < -0.4 is 10.1 Å². The molecule has 0 saturated carbocycles. The van der Waals surface area contributed by atoms with E-state index in [2.05, 4.69) is 37.2 Å². The highest BCUT2D eigenvalue weighted by atomic mass is 32.2. The average Bonchev–Trinajstić information content (AvgIpc) is 3.34. The number of benzene rings is 1. The molecule has 1 unspecified atom stereocenters. The summed E-state index contributed by atoms with van der Waals surface area (Å²) >= 11 is 0. The number of ether oxygens (including phenoxy) is 1. The van der Waals surface area contributed by atoms with E-state index in [1.165, 1.54) is 24.8 Å². The van der Waals surface area contributed by atoms with Crippen LogP contribution in [0.5, 0.6) is 5.88 Å². The second kappa shape index (κ2) is 10.4. The van der Waals surface area contributed by atoms with E-state index in [0.29, 0.717) is 17.6 Å². The molecule has 182 valence electrons. The van der Waals surface area contributed by atoms with Gasteiger partial charge in [-0.05, 0) is 37.5 Å². The molecule has 1 aromatic carbocycles. The molecule has 10 nitrogen and oxygen atoms in total. The first-order valence-electron chi connectivity index (χ1n) is 11.1. The Morgan fingerprint density at radius 3 is 2.65 bits per heavy atom. The van der Waals surface area contributed by atoms with Gasteiger partial charge in [-0.2, -0.15) is 4.98 Å². The summed E-state index contributed by atoms with van der Waals surface area (Å²) in [7, 11) is -3.49. The van der Waals surface area contributed by atoms with Gasteiger partial charge in [0.15, 0.2) is 16.2 Å². The molecule has 3 aromatic rings. The van der Waals surface area contributed by atoms with E-state index in [4.69, 9.17) is 9.26 Å². The summed E-state index contributed by atoms with van der Waals surface area (Å²) in [6.45, 7) is 3.78. The van der Waals surface area contributed by atoms with Crippen molar-refractivity contribution in [3.8, 4) is 5.88 Å². The van der Waals surface area contributed by atoms with Crippen molar-refractivity contribution in [3.63, 3.8) is 0 Å². The lowest BCUT2D eigenvalue weighted by molar-refractivity contribution is 0.0587. The Balaban J connectivity index is 1.36. The molecule has 1 saturated heterocycles. The Morgan fingerprint density at radius 1 is 1.21 bits per heavy atom. The average molecular weight is 491 g/mol. The lowest BCUT2D eigenvalue weighted by atomic mass is 10.0. The molecular weight excluding hydrogens is 463 g/mol. The molecule has 4 rings (SSSR count). The second-order valence-electron chi connectivity index (χ2n) is 8.22. The maximum atomic E-state index is 14.4. The third-order valence-electron chi connectivity index (χ3n) is 5.70. The molecule has 1 aliphatic rings. The minimum Gasteiger partial charge on any atom is -0.474 e. The van der Waals surface area contributed by atoms with Crippen LogP contribution in [0.1, 0.15) is 44.5 Å². The van der Waals surface area contributed by atoms with Crippen molar-refractivity contribution in [1.29, 1.82) is 0 Å². The van der Waals surface area contributed by atoms with E-state index in [9.17, 15) is 12.8 Å². The van der Waals surface area contributed by atoms with Gasteiger partial charge in [-0.1, -0.05) is 18.5 Å². The van der Waals surface area contributed by atoms with Gasteiger partial charge in [-0.25, -0.2) is 22.8 Å². The zero-order valence-electron chi connectivity index (χ0n) is 19.0. The first-order valence-corrected chi connectivity index (χ1v) is 13.0. The van der Waals surface area contributed by atoms with Crippen LogP contribution in [0, 0.1) is 5.82 Å². The normalized spacial score (nSPS) is 16.3. The van der Waals surface area contributed by atoms with Gasteiger partial charge in [0.05, 0.1) is 16.6 Å². The molecule has 0 amide bonds. The van der Waals surface area contributed by atoms with Gasteiger partial charge in [0.1, 0.15) is 24.1 Å². The number of sulfone groups is 1. The standard InChI is InChI=1S/C22H27FN6O4S/c1-3-4-19(22-26-14-27-33-22)29-9-7-15(8-10-29)32-21-12-20(24-13-25-21)28-18-6-5-16(11-17(18)23)34(2,30)31/h5-6,11-15,19H,3-4,7-10H2,1-2H3,(H,24,25,28). The van der Waals surface area contributed by atoms with Crippen LogP contribution in [0.2, 0.25) is 0 Å². The quantitative estimate of drug-likeness (QED) is 0.476. The monoisotopic (exact) mass is 490 g/mol. The fraction of sp³-hybridized carbons (Fsp3) is 0.455. The van der Waals surface area contributed by atoms with Gasteiger partial charge in [0.2, 0.25) is 11.8 Å². The number of nitrogens with one attached hydrogen (secondary N) is 1. The van der Waals surface area contributed by atoms with Crippen molar-refractivity contribution in [2.75, 3.05) is 24.7 Å². The highest BCUT2D eigenvalue weighted by molar-refractivity contribution is 7.90. The summed E-state index contributed by atoms with van der Waals surface area (Å²) in [4.78, 5) is 14.8. The van der Waals surface area contributed by atoms with Gasteiger partial charge in [0, 0.05) is 25.4 Å². The third-order valence-corrected chi connectivity index (χ3v) is 6.81. The van der Waals surface area contributed by atoms with Crippen LogP contribution in [0.3, 0.4) is 0 Å². The van der Waals surface area contributed by atoms with E-state index < -0.39 is 15.7 Å². The number of hydrogen-bond acceptors (Lipinski definition) is 10. The molecule has 1 aliphatic heterocycles. The maximum Gasteiger partial charge on any atom is 0.243 e. The first kappa shape index (κ1) is 24.0. The number of rotatable bonds is 9. The fourth-order valence-electron chi connectivity index (χ4n) is 3.98. The van der Waals surface area contributed by atoms with Crippen LogP contribution in [-0.2, 0) is 9.84 Å². The molecular formula is C22H27FN6O4S. The number of anilines is 2. The van der Waals surface area contributed by atoms with E-state index >= 15 is 0 Å². The number of nitrogens with zero attached hydrogens (tertiary/aromatic N) is 5. The Bertz CT molecular complexity index is 1200.